The predicted molar refractivity (Wildman–Crippen MR) is 80.2 cm³/mol. The molecule has 0 radical (unpaired) electrons. The third-order valence-electron chi connectivity index (χ3n) is 3.04. The Hall–Kier alpha value is -2.00. The molecule has 0 saturated heterocycles. The first kappa shape index (κ1) is 13.4. The summed E-state index contributed by atoms with van der Waals surface area (Å²) in [7, 11) is 3.80. The van der Waals surface area contributed by atoms with E-state index < -0.39 is 0 Å². The molecule has 100 valence electrons. The van der Waals surface area contributed by atoms with Crippen LogP contribution in [0.15, 0.2) is 48.5 Å². The summed E-state index contributed by atoms with van der Waals surface area (Å²) in [6, 6.07) is 16.4. The van der Waals surface area contributed by atoms with E-state index in [2.05, 4.69) is 38.1 Å². The zero-order chi connectivity index (χ0) is 13.8. The Kier molecular flexibility index (Phi) is 4.07. The molecule has 0 aliphatic heterocycles. The van der Waals surface area contributed by atoms with Crippen LogP contribution in [0.3, 0.4) is 0 Å². The van der Waals surface area contributed by atoms with Gasteiger partial charge in [-0.3, -0.25) is 0 Å². The summed E-state index contributed by atoms with van der Waals surface area (Å²) in [5.41, 5.74) is 4.52. The maximum Gasteiger partial charge on any atom is 0.0658 e. The first-order chi connectivity index (χ1) is 9.06. The molecule has 2 aromatic carbocycles. The standard InChI is InChI=1S/C16H20N2O/c1-13-5-9-15(10-6-13)17(3)19-18(4)16-11-7-14(2)8-12-16/h5-12H,1-4H3. The second-order valence-electron chi connectivity index (χ2n) is 4.75. The minimum absolute atomic E-state index is 1.02. The maximum atomic E-state index is 5.77. The van der Waals surface area contributed by atoms with E-state index in [1.807, 2.05) is 38.4 Å². The first-order valence-corrected chi connectivity index (χ1v) is 6.35. The van der Waals surface area contributed by atoms with Crippen molar-refractivity contribution < 1.29 is 4.94 Å². The van der Waals surface area contributed by atoms with Crippen LogP contribution in [0.2, 0.25) is 0 Å². The molecule has 2 rings (SSSR count). The normalized spacial score (nSPS) is 10.3. The highest BCUT2D eigenvalue weighted by molar-refractivity contribution is 5.47. The van der Waals surface area contributed by atoms with Crippen molar-refractivity contribution in [1.82, 2.24) is 0 Å². The van der Waals surface area contributed by atoms with Crippen molar-refractivity contribution in [3.8, 4) is 0 Å². The van der Waals surface area contributed by atoms with Crippen molar-refractivity contribution in [1.29, 1.82) is 0 Å². The zero-order valence-electron chi connectivity index (χ0n) is 11.9. The molecule has 0 bridgehead atoms. The molecule has 0 aromatic heterocycles. The molecule has 0 unspecified atom stereocenters. The van der Waals surface area contributed by atoms with Gasteiger partial charge in [0.05, 0.1) is 11.4 Å². The van der Waals surface area contributed by atoms with Crippen molar-refractivity contribution in [3.05, 3.63) is 59.7 Å². The lowest BCUT2D eigenvalue weighted by Crippen LogP contribution is -2.29. The van der Waals surface area contributed by atoms with Crippen LogP contribution in [-0.2, 0) is 4.94 Å². The Labute approximate surface area is 114 Å². The minimum Gasteiger partial charge on any atom is -0.232 e. The van der Waals surface area contributed by atoms with Gasteiger partial charge in [0.2, 0.25) is 0 Å². The molecule has 0 saturated carbocycles. The molecule has 0 N–H and O–H groups in total. The van der Waals surface area contributed by atoms with E-state index in [0.717, 1.165) is 11.4 Å². The Morgan fingerprint density at radius 2 is 0.947 bits per heavy atom. The predicted octanol–water partition coefficient (Wildman–Crippen LogP) is 3.72. The van der Waals surface area contributed by atoms with E-state index in [-0.39, 0.29) is 0 Å². The number of nitrogens with zero attached hydrogens (tertiary/aromatic N) is 2. The van der Waals surface area contributed by atoms with E-state index in [9.17, 15) is 0 Å². The second-order valence-corrected chi connectivity index (χ2v) is 4.75. The van der Waals surface area contributed by atoms with Crippen LogP contribution in [0.25, 0.3) is 0 Å². The van der Waals surface area contributed by atoms with Crippen molar-refractivity contribution in [2.45, 2.75) is 13.8 Å². The average Bonchev–Trinajstić information content (AvgIpc) is 2.40. The van der Waals surface area contributed by atoms with E-state index in [1.54, 1.807) is 10.1 Å². The first-order valence-electron chi connectivity index (χ1n) is 6.35. The molecule has 2 aromatic rings. The van der Waals surface area contributed by atoms with Crippen LogP contribution in [0, 0.1) is 13.8 Å². The van der Waals surface area contributed by atoms with Crippen molar-refractivity contribution in [2.24, 2.45) is 0 Å². The SMILES string of the molecule is Cc1ccc(N(C)ON(C)c2ccc(C)cc2)cc1. The zero-order valence-corrected chi connectivity index (χ0v) is 11.9. The summed E-state index contributed by atoms with van der Waals surface area (Å²) >= 11 is 0. The summed E-state index contributed by atoms with van der Waals surface area (Å²) in [4.78, 5) is 5.77. The number of aryl methyl sites for hydroxylation is 2. The molecule has 19 heavy (non-hydrogen) atoms. The lowest BCUT2D eigenvalue weighted by Gasteiger charge is -2.26. The molecule has 0 aliphatic carbocycles. The summed E-state index contributed by atoms with van der Waals surface area (Å²) in [6.45, 7) is 4.14. The Balaban J connectivity index is 2.03. The van der Waals surface area contributed by atoms with Gasteiger partial charge in [-0.25, -0.2) is 10.1 Å². The lowest BCUT2D eigenvalue weighted by molar-refractivity contribution is 0.109. The Morgan fingerprint density at radius 1 is 0.632 bits per heavy atom. The monoisotopic (exact) mass is 256 g/mol. The van der Waals surface area contributed by atoms with Crippen molar-refractivity contribution in [3.63, 3.8) is 0 Å². The summed E-state index contributed by atoms with van der Waals surface area (Å²) in [6.07, 6.45) is 0. The number of rotatable bonds is 4. The molecule has 0 spiro atoms. The lowest BCUT2D eigenvalue weighted by atomic mass is 10.2. The molecule has 0 heterocycles. The fraction of sp³-hybridized carbons (Fsp3) is 0.250. The van der Waals surface area contributed by atoms with Crippen LogP contribution < -0.4 is 10.1 Å². The van der Waals surface area contributed by atoms with Gasteiger partial charge in [0.15, 0.2) is 0 Å². The van der Waals surface area contributed by atoms with Gasteiger partial charge in [-0.15, -0.1) is 0 Å². The maximum absolute atomic E-state index is 5.77. The third kappa shape index (κ3) is 3.48. The minimum atomic E-state index is 1.02. The quantitative estimate of drug-likeness (QED) is 0.775. The Bertz CT molecular complexity index is 470. The average molecular weight is 256 g/mol. The Morgan fingerprint density at radius 3 is 1.26 bits per heavy atom. The number of anilines is 2. The van der Waals surface area contributed by atoms with E-state index >= 15 is 0 Å². The fourth-order valence-corrected chi connectivity index (χ4v) is 1.79. The van der Waals surface area contributed by atoms with E-state index in [0.29, 0.717) is 0 Å². The highest BCUT2D eigenvalue weighted by atomic mass is 16.8. The number of hydrogen-bond donors (Lipinski definition) is 0. The largest absolute Gasteiger partial charge is 0.232 e. The summed E-state index contributed by atoms with van der Waals surface area (Å²) in [5, 5.41) is 3.50. The molecular formula is C16H20N2O. The molecule has 0 fully saturated rings. The molecule has 0 aliphatic rings. The van der Waals surface area contributed by atoms with Crippen LogP contribution in [0.1, 0.15) is 11.1 Å². The van der Waals surface area contributed by atoms with Gasteiger partial charge < -0.3 is 0 Å². The van der Waals surface area contributed by atoms with Gasteiger partial charge in [-0.1, -0.05) is 35.4 Å². The van der Waals surface area contributed by atoms with Gasteiger partial charge in [0, 0.05) is 14.1 Å². The second kappa shape index (κ2) is 5.76. The van der Waals surface area contributed by atoms with E-state index in [1.165, 1.54) is 11.1 Å². The summed E-state index contributed by atoms with van der Waals surface area (Å²) < 4.78 is 0. The van der Waals surface area contributed by atoms with Gasteiger partial charge in [-0.05, 0) is 38.1 Å². The molecule has 0 atom stereocenters. The van der Waals surface area contributed by atoms with Crippen LogP contribution in [0.4, 0.5) is 11.4 Å². The molecule has 3 heteroatoms. The van der Waals surface area contributed by atoms with E-state index in [4.69, 9.17) is 4.94 Å². The van der Waals surface area contributed by atoms with Gasteiger partial charge in [0.1, 0.15) is 0 Å². The van der Waals surface area contributed by atoms with Gasteiger partial charge >= 0.3 is 0 Å². The van der Waals surface area contributed by atoms with Crippen LogP contribution in [-0.4, -0.2) is 14.1 Å². The fourth-order valence-electron chi connectivity index (χ4n) is 1.79. The van der Waals surface area contributed by atoms with Crippen molar-refractivity contribution >= 4 is 11.4 Å². The van der Waals surface area contributed by atoms with Crippen molar-refractivity contribution in [2.75, 3.05) is 24.2 Å². The van der Waals surface area contributed by atoms with Gasteiger partial charge in [0.25, 0.3) is 0 Å². The number of benzene rings is 2. The molecular weight excluding hydrogens is 236 g/mol. The molecule has 0 amide bonds. The highest BCUT2D eigenvalue weighted by Crippen LogP contribution is 2.18. The van der Waals surface area contributed by atoms with Crippen LogP contribution in [0.5, 0.6) is 0 Å². The number of hydrogen-bond acceptors (Lipinski definition) is 3. The summed E-state index contributed by atoms with van der Waals surface area (Å²) in [5.74, 6) is 0. The smallest absolute Gasteiger partial charge is 0.0658 e. The highest BCUT2D eigenvalue weighted by Gasteiger charge is 2.06. The third-order valence-corrected chi connectivity index (χ3v) is 3.04. The topological polar surface area (TPSA) is 15.7 Å². The van der Waals surface area contributed by atoms with Gasteiger partial charge in [-0.2, -0.15) is 4.94 Å². The number of hydroxylamine groups is 2. The molecule has 3 nitrogen and oxygen atoms in total. The van der Waals surface area contributed by atoms with Crippen LogP contribution >= 0.6 is 0 Å².